The number of aromatic nitrogens is 8. The van der Waals surface area contributed by atoms with E-state index in [0.29, 0.717) is 11.2 Å². The average Bonchev–Trinajstić information content (AvgIpc) is 3.72. The number of nitrogens with two attached hydrogens (primary N) is 2. The van der Waals surface area contributed by atoms with Crippen molar-refractivity contribution >= 4 is 52.2 Å². The van der Waals surface area contributed by atoms with Crippen molar-refractivity contribution in [2.75, 3.05) is 24.6 Å². The SMILES string of the molecule is Nc1nc2c(ncn2C2O[C@@H]3COP(=O)(O)O[C@H]4C[C@H](n5cnc6c(N)ncnc65)OC4CNS(=O)(=O)O[C@@H]2[C@@H]3O)c(=O)[nH]1. The van der Waals surface area contributed by atoms with Crippen molar-refractivity contribution < 1.29 is 45.7 Å². The molecule has 8 atom stereocenters. The highest BCUT2D eigenvalue weighted by Crippen LogP contribution is 2.49. The predicted molar refractivity (Wildman–Crippen MR) is 143 cm³/mol. The topological polar surface area (TPSA) is 309 Å². The largest absolute Gasteiger partial charge is 0.472 e. The van der Waals surface area contributed by atoms with Crippen LogP contribution in [0.2, 0.25) is 0 Å². The summed E-state index contributed by atoms with van der Waals surface area (Å²) in [5, 5.41) is 11.0. The van der Waals surface area contributed by atoms with Gasteiger partial charge in [-0.2, -0.15) is 18.1 Å². The summed E-state index contributed by atoms with van der Waals surface area (Å²) in [7, 11) is -9.52. The number of nitrogen functional groups attached to an aromatic ring is 2. The number of aliphatic hydroxyl groups is 1. The van der Waals surface area contributed by atoms with E-state index in [0.717, 1.165) is 10.9 Å². The third kappa shape index (κ3) is 5.11. The molecule has 3 saturated heterocycles. The minimum Gasteiger partial charge on any atom is -0.387 e. The Bertz CT molecular complexity index is 1970. The molecule has 236 valence electrons. The fourth-order valence-electron chi connectivity index (χ4n) is 5.29. The summed E-state index contributed by atoms with van der Waals surface area (Å²) in [5.41, 5.74) is 11.2. The summed E-state index contributed by atoms with van der Waals surface area (Å²) >= 11 is 0. The van der Waals surface area contributed by atoms with E-state index in [4.69, 9.17) is 34.2 Å². The maximum atomic E-state index is 13.1. The lowest BCUT2D eigenvalue weighted by Gasteiger charge is -2.23. The van der Waals surface area contributed by atoms with Crippen molar-refractivity contribution in [3.8, 4) is 0 Å². The van der Waals surface area contributed by atoms with E-state index in [-0.39, 0.29) is 29.4 Å². The van der Waals surface area contributed by atoms with Gasteiger partial charge in [-0.25, -0.2) is 28.7 Å². The number of anilines is 2. The molecule has 0 radical (unpaired) electrons. The first-order valence-electron chi connectivity index (χ1n) is 12.9. The van der Waals surface area contributed by atoms with E-state index in [1.54, 1.807) is 0 Å². The van der Waals surface area contributed by atoms with Gasteiger partial charge in [0.25, 0.3) is 5.56 Å². The Kier molecular flexibility index (Phi) is 6.93. The number of imidazole rings is 2. The summed E-state index contributed by atoms with van der Waals surface area (Å²) in [4.78, 5) is 45.3. The van der Waals surface area contributed by atoms with E-state index < -0.39 is 79.8 Å². The van der Waals surface area contributed by atoms with Crippen LogP contribution in [-0.4, -0.2) is 101 Å². The number of fused-ring (bicyclic) bond motifs is 5. The summed E-state index contributed by atoms with van der Waals surface area (Å²) < 4.78 is 71.9. The maximum Gasteiger partial charge on any atom is 0.472 e. The fraction of sp³-hybridized carbons (Fsp3) is 0.500. The Balaban J connectivity index is 1.19. The molecule has 3 unspecified atom stereocenters. The van der Waals surface area contributed by atoms with Crippen LogP contribution in [0.1, 0.15) is 18.9 Å². The molecule has 3 aliphatic rings. The average molecular weight is 658 g/mol. The van der Waals surface area contributed by atoms with Crippen LogP contribution >= 0.6 is 7.82 Å². The van der Waals surface area contributed by atoms with Gasteiger partial charge in [0, 0.05) is 13.0 Å². The zero-order valence-corrected chi connectivity index (χ0v) is 23.8. The van der Waals surface area contributed by atoms with E-state index in [1.165, 1.54) is 17.2 Å². The molecule has 0 saturated carbocycles. The third-order valence-electron chi connectivity index (χ3n) is 7.29. The van der Waals surface area contributed by atoms with Crippen LogP contribution < -0.4 is 21.7 Å². The number of phosphoric ester groups is 1. The first-order valence-corrected chi connectivity index (χ1v) is 15.8. The standard InChI is InChI=1S/C20H24N11O11PS/c21-15-11-16(24-4-23-15)30(5-25-11)10-1-7-8(39-10)2-27-44(36,37)42-14-13(32)9(3-38-43(34,35)41-7)40-19(14)31-6-26-12-17(31)28-20(22)29-18(12)33/h4-10,13-14,19,27,32H,1-3H2,(H,34,35)(H2,21,23,24)(H3,22,28,29,33)/t7-,8?,9+,10+,13+,14+,19?/m0/s1. The van der Waals surface area contributed by atoms with Gasteiger partial charge in [-0.05, 0) is 0 Å². The van der Waals surface area contributed by atoms with Crippen LogP contribution in [0.15, 0.2) is 23.8 Å². The summed E-state index contributed by atoms with van der Waals surface area (Å²) in [6.07, 6.45) is -5.76. The molecule has 3 aliphatic heterocycles. The molecule has 2 bridgehead atoms. The Labute approximate surface area is 245 Å². The molecule has 7 heterocycles. The van der Waals surface area contributed by atoms with E-state index in [9.17, 15) is 27.8 Å². The highest BCUT2D eigenvalue weighted by Gasteiger charge is 2.51. The van der Waals surface area contributed by atoms with E-state index in [1.807, 2.05) is 0 Å². The lowest BCUT2D eigenvalue weighted by Crippen LogP contribution is -2.43. The highest BCUT2D eigenvalue weighted by molar-refractivity contribution is 7.84. The Morgan fingerprint density at radius 3 is 2.61 bits per heavy atom. The fourth-order valence-corrected chi connectivity index (χ4v) is 7.19. The number of ether oxygens (including phenoxy) is 2. The molecule has 22 nitrogen and oxygen atoms in total. The lowest BCUT2D eigenvalue weighted by atomic mass is 10.1. The van der Waals surface area contributed by atoms with Crippen LogP contribution in [0.4, 0.5) is 11.8 Å². The van der Waals surface area contributed by atoms with Crippen LogP contribution in [0.25, 0.3) is 22.3 Å². The number of rotatable bonds is 2. The van der Waals surface area contributed by atoms with Gasteiger partial charge < -0.3 is 30.9 Å². The normalized spacial score (nSPS) is 34.4. The van der Waals surface area contributed by atoms with Gasteiger partial charge in [-0.3, -0.25) is 28.0 Å². The number of phosphoric acid groups is 1. The zero-order valence-electron chi connectivity index (χ0n) is 22.1. The van der Waals surface area contributed by atoms with Crippen molar-refractivity contribution in [1.82, 2.24) is 43.8 Å². The summed E-state index contributed by atoms with van der Waals surface area (Å²) in [5.74, 6) is -0.144. The first-order chi connectivity index (χ1) is 20.9. The van der Waals surface area contributed by atoms with Crippen LogP contribution in [0, 0.1) is 0 Å². The van der Waals surface area contributed by atoms with Gasteiger partial charge >= 0.3 is 18.1 Å². The molecule has 3 fully saturated rings. The molecule has 24 heteroatoms. The Hall–Kier alpha value is -3.64. The second kappa shape index (κ2) is 10.5. The molecule has 8 N–H and O–H groups in total. The number of H-pyrrole nitrogens is 1. The number of nitrogens with zero attached hydrogens (tertiary/aromatic N) is 7. The minimum absolute atomic E-state index is 0.0489. The second-order valence-electron chi connectivity index (χ2n) is 10.1. The molecule has 0 aliphatic carbocycles. The van der Waals surface area contributed by atoms with E-state index in [2.05, 4.69) is 34.6 Å². The van der Waals surface area contributed by atoms with Gasteiger partial charge in [0.1, 0.15) is 42.5 Å². The van der Waals surface area contributed by atoms with Crippen molar-refractivity contribution in [1.29, 1.82) is 0 Å². The van der Waals surface area contributed by atoms with Crippen molar-refractivity contribution in [3.05, 3.63) is 29.3 Å². The number of nitrogens with one attached hydrogen (secondary N) is 2. The van der Waals surface area contributed by atoms with Crippen molar-refractivity contribution in [3.63, 3.8) is 0 Å². The molecular weight excluding hydrogens is 633 g/mol. The third-order valence-corrected chi connectivity index (χ3v) is 9.29. The number of hydrogen-bond acceptors (Lipinski definition) is 17. The minimum atomic E-state index is -4.86. The molecule has 0 aromatic carbocycles. The van der Waals surface area contributed by atoms with Crippen molar-refractivity contribution in [2.45, 2.75) is 49.4 Å². The molecule has 4 aromatic rings. The van der Waals surface area contributed by atoms with E-state index >= 15 is 0 Å². The number of hydrogen-bond donors (Lipinski definition) is 6. The highest BCUT2D eigenvalue weighted by atomic mass is 32.2. The molecule has 44 heavy (non-hydrogen) atoms. The summed E-state index contributed by atoms with van der Waals surface area (Å²) in [6.45, 7) is -1.22. The van der Waals surface area contributed by atoms with Crippen LogP contribution in [0.5, 0.6) is 0 Å². The van der Waals surface area contributed by atoms with Gasteiger partial charge in [0.15, 0.2) is 35.0 Å². The summed E-state index contributed by atoms with van der Waals surface area (Å²) in [6, 6.07) is 0. The maximum absolute atomic E-state index is 13.1. The first kappa shape index (κ1) is 29.1. The monoisotopic (exact) mass is 657 g/mol. The number of aliphatic hydroxyl groups excluding tert-OH is 1. The van der Waals surface area contributed by atoms with Gasteiger partial charge in [-0.1, -0.05) is 0 Å². The molecule has 4 aromatic heterocycles. The Morgan fingerprint density at radius 1 is 1.02 bits per heavy atom. The second-order valence-corrected chi connectivity index (χ2v) is 12.8. The van der Waals surface area contributed by atoms with Crippen LogP contribution in [-0.2, 0) is 37.6 Å². The smallest absolute Gasteiger partial charge is 0.387 e. The van der Waals surface area contributed by atoms with Gasteiger partial charge in [-0.15, -0.1) is 0 Å². The zero-order chi connectivity index (χ0) is 31.0. The van der Waals surface area contributed by atoms with Crippen LogP contribution in [0.3, 0.4) is 0 Å². The lowest BCUT2D eigenvalue weighted by molar-refractivity contribution is -0.0534. The predicted octanol–water partition coefficient (Wildman–Crippen LogP) is -2.59. The van der Waals surface area contributed by atoms with Gasteiger partial charge in [0.2, 0.25) is 5.95 Å². The molecule has 7 rings (SSSR count). The van der Waals surface area contributed by atoms with Gasteiger partial charge in [0.05, 0.1) is 19.3 Å². The quantitative estimate of drug-likeness (QED) is 0.120. The molecular formula is C20H24N11O11PS. The number of aromatic amines is 1. The van der Waals surface area contributed by atoms with Crippen molar-refractivity contribution in [2.24, 2.45) is 0 Å². The molecule has 0 spiro atoms. The molecule has 0 amide bonds. The Morgan fingerprint density at radius 2 is 1.80 bits per heavy atom.